The number of rotatable bonds is 3. The van der Waals surface area contributed by atoms with E-state index in [0.717, 1.165) is 18.2 Å². The van der Waals surface area contributed by atoms with Gasteiger partial charge in [0.15, 0.2) is 0 Å². The first kappa shape index (κ1) is 16.6. The molecule has 0 unspecified atom stereocenters. The van der Waals surface area contributed by atoms with Gasteiger partial charge in [-0.15, -0.1) is 0 Å². The van der Waals surface area contributed by atoms with E-state index in [1.165, 1.54) is 4.90 Å². The van der Waals surface area contributed by atoms with E-state index in [1.807, 2.05) is 20.8 Å². The van der Waals surface area contributed by atoms with Crippen LogP contribution in [0.15, 0.2) is 23.1 Å². The summed E-state index contributed by atoms with van der Waals surface area (Å²) >= 11 is 0. The number of hydrogen-bond acceptors (Lipinski definition) is 3. The molecule has 0 saturated heterocycles. The average Bonchev–Trinajstić information content (AvgIpc) is 2.23. The smallest absolute Gasteiger partial charge is 0.253 e. The van der Waals surface area contributed by atoms with Crippen LogP contribution in [0.2, 0.25) is 0 Å². The fraction of sp³-hybridized carbons (Fsp3) is 0.462. The summed E-state index contributed by atoms with van der Waals surface area (Å²) in [6, 6.07) is 2.87. The first-order chi connectivity index (χ1) is 8.90. The number of amides is 1. The molecule has 0 aromatic heterocycles. The molecule has 1 rings (SSSR count). The van der Waals surface area contributed by atoms with Crippen molar-refractivity contribution in [3.8, 4) is 0 Å². The molecule has 2 N–H and O–H groups in total. The molecule has 0 spiro atoms. The van der Waals surface area contributed by atoms with Crippen LogP contribution in [0.5, 0.6) is 0 Å². The minimum atomic E-state index is -4.05. The predicted octanol–water partition coefficient (Wildman–Crippen LogP) is 1.59. The van der Waals surface area contributed by atoms with Crippen molar-refractivity contribution in [3.05, 3.63) is 29.6 Å². The van der Waals surface area contributed by atoms with Gasteiger partial charge in [-0.05, 0) is 23.6 Å². The first-order valence-electron chi connectivity index (χ1n) is 5.99. The minimum absolute atomic E-state index is 0.0409. The number of halogens is 1. The van der Waals surface area contributed by atoms with Crippen molar-refractivity contribution in [2.24, 2.45) is 10.6 Å². The zero-order valence-corrected chi connectivity index (χ0v) is 12.8. The highest BCUT2D eigenvalue weighted by molar-refractivity contribution is 7.89. The number of carbonyl (C=O) groups is 1. The Morgan fingerprint density at radius 3 is 2.30 bits per heavy atom. The molecule has 1 aromatic rings. The molecule has 1 aromatic carbocycles. The monoisotopic (exact) mass is 302 g/mol. The molecule has 0 heterocycles. The Morgan fingerprint density at radius 2 is 1.85 bits per heavy atom. The van der Waals surface area contributed by atoms with Crippen LogP contribution in [0.3, 0.4) is 0 Å². The molecule has 0 aliphatic heterocycles. The minimum Gasteiger partial charge on any atom is -0.341 e. The van der Waals surface area contributed by atoms with Crippen LogP contribution in [0.4, 0.5) is 4.39 Å². The average molecular weight is 302 g/mol. The number of nitrogens with two attached hydrogens (primary N) is 1. The van der Waals surface area contributed by atoms with E-state index >= 15 is 0 Å². The lowest BCUT2D eigenvalue weighted by Gasteiger charge is -2.26. The molecule has 0 atom stereocenters. The van der Waals surface area contributed by atoms with Gasteiger partial charge in [0.05, 0.1) is 4.90 Å². The van der Waals surface area contributed by atoms with Crippen LogP contribution in [0.25, 0.3) is 0 Å². The Balaban J connectivity index is 3.14. The molecule has 1 amide bonds. The van der Waals surface area contributed by atoms with Gasteiger partial charge in [-0.3, -0.25) is 4.79 Å². The summed E-state index contributed by atoms with van der Waals surface area (Å²) < 4.78 is 35.9. The maximum absolute atomic E-state index is 13.4. The van der Waals surface area contributed by atoms with Gasteiger partial charge in [0, 0.05) is 19.2 Å². The molecule has 0 fully saturated rings. The fourth-order valence-corrected chi connectivity index (χ4v) is 2.42. The van der Waals surface area contributed by atoms with E-state index in [1.54, 1.807) is 7.05 Å². The molecule has 5 nitrogen and oxygen atoms in total. The van der Waals surface area contributed by atoms with Gasteiger partial charge >= 0.3 is 0 Å². The van der Waals surface area contributed by atoms with E-state index in [-0.39, 0.29) is 11.0 Å². The van der Waals surface area contributed by atoms with Gasteiger partial charge in [0.2, 0.25) is 10.0 Å². The van der Waals surface area contributed by atoms with Crippen molar-refractivity contribution in [1.82, 2.24) is 4.90 Å². The van der Waals surface area contributed by atoms with Crippen LogP contribution < -0.4 is 5.14 Å². The largest absolute Gasteiger partial charge is 0.341 e. The van der Waals surface area contributed by atoms with Crippen molar-refractivity contribution >= 4 is 15.9 Å². The molecular formula is C13H19FN2O3S. The van der Waals surface area contributed by atoms with Crippen molar-refractivity contribution in [2.45, 2.75) is 25.7 Å². The summed E-state index contributed by atoms with van der Waals surface area (Å²) in [6.45, 7) is 6.32. The van der Waals surface area contributed by atoms with Gasteiger partial charge < -0.3 is 4.90 Å². The Kier molecular flexibility index (Phi) is 4.55. The number of nitrogens with zero attached hydrogens (tertiary/aromatic N) is 1. The van der Waals surface area contributed by atoms with E-state index in [2.05, 4.69) is 0 Å². The lowest BCUT2D eigenvalue weighted by Crippen LogP contribution is -2.34. The van der Waals surface area contributed by atoms with Crippen molar-refractivity contribution < 1.29 is 17.6 Å². The summed E-state index contributed by atoms with van der Waals surface area (Å²) in [7, 11) is -2.47. The highest BCUT2D eigenvalue weighted by Crippen LogP contribution is 2.18. The van der Waals surface area contributed by atoms with Gasteiger partial charge in [-0.2, -0.15) is 0 Å². The standard InChI is InChI=1S/C13H19FN2O3S/c1-13(2,3)8-16(4)12(17)9-5-10(14)7-11(6-9)20(15,18)19/h5-7H,8H2,1-4H3,(H2,15,18,19). The zero-order chi connectivity index (χ0) is 15.7. The molecular weight excluding hydrogens is 283 g/mol. The maximum Gasteiger partial charge on any atom is 0.253 e. The van der Waals surface area contributed by atoms with Crippen LogP contribution in [-0.4, -0.2) is 32.8 Å². The number of primary sulfonamides is 1. The number of hydrogen-bond donors (Lipinski definition) is 1. The van der Waals surface area contributed by atoms with E-state index in [9.17, 15) is 17.6 Å². The highest BCUT2D eigenvalue weighted by Gasteiger charge is 2.21. The van der Waals surface area contributed by atoms with Crippen LogP contribution in [0, 0.1) is 11.2 Å². The van der Waals surface area contributed by atoms with Crippen molar-refractivity contribution in [2.75, 3.05) is 13.6 Å². The third-order valence-corrected chi connectivity index (χ3v) is 3.40. The molecule has 0 bridgehead atoms. The third-order valence-electron chi connectivity index (χ3n) is 2.50. The normalized spacial score (nSPS) is 12.3. The van der Waals surface area contributed by atoms with E-state index in [4.69, 9.17) is 5.14 Å². The Bertz CT molecular complexity index is 621. The molecule has 0 saturated carbocycles. The molecule has 0 aliphatic carbocycles. The summed E-state index contributed by atoms with van der Waals surface area (Å²) in [6.07, 6.45) is 0. The van der Waals surface area contributed by atoms with Crippen LogP contribution in [0.1, 0.15) is 31.1 Å². The van der Waals surface area contributed by atoms with Crippen molar-refractivity contribution in [1.29, 1.82) is 0 Å². The summed E-state index contributed by atoms with van der Waals surface area (Å²) in [4.78, 5) is 13.2. The van der Waals surface area contributed by atoms with E-state index in [0.29, 0.717) is 6.54 Å². The predicted molar refractivity (Wildman–Crippen MR) is 74.2 cm³/mol. The summed E-state index contributed by atoms with van der Waals surface area (Å²) in [5, 5.41) is 4.95. The molecule has 0 radical (unpaired) electrons. The SMILES string of the molecule is CN(CC(C)(C)C)C(=O)c1cc(F)cc(S(N)(=O)=O)c1. The van der Waals surface area contributed by atoms with Crippen LogP contribution >= 0.6 is 0 Å². The third kappa shape index (κ3) is 4.57. The van der Waals surface area contributed by atoms with Crippen molar-refractivity contribution in [3.63, 3.8) is 0 Å². The van der Waals surface area contributed by atoms with Gasteiger partial charge in [0.25, 0.3) is 5.91 Å². The quantitative estimate of drug-likeness (QED) is 0.920. The number of carbonyl (C=O) groups excluding carboxylic acids is 1. The summed E-state index contributed by atoms with van der Waals surface area (Å²) in [5.74, 6) is -1.27. The van der Waals surface area contributed by atoms with Gasteiger partial charge in [-0.1, -0.05) is 20.8 Å². The fourth-order valence-electron chi connectivity index (χ4n) is 1.85. The van der Waals surface area contributed by atoms with E-state index < -0.39 is 26.6 Å². The molecule has 20 heavy (non-hydrogen) atoms. The highest BCUT2D eigenvalue weighted by atomic mass is 32.2. The summed E-state index contributed by atoms with van der Waals surface area (Å²) in [5.41, 5.74) is -0.165. The molecule has 0 aliphatic rings. The molecule has 112 valence electrons. The first-order valence-corrected chi connectivity index (χ1v) is 7.54. The topological polar surface area (TPSA) is 80.5 Å². The lowest BCUT2D eigenvalue weighted by atomic mass is 9.96. The number of sulfonamides is 1. The Labute approximate surface area is 118 Å². The van der Waals surface area contributed by atoms with Gasteiger partial charge in [0.1, 0.15) is 5.82 Å². The number of benzene rings is 1. The zero-order valence-electron chi connectivity index (χ0n) is 12.0. The second-order valence-electron chi connectivity index (χ2n) is 5.94. The Morgan fingerprint density at radius 1 is 1.30 bits per heavy atom. The second kappa shape index (κ2) is 5.49. The lowest BCUT2D eigenvalue weighted by molar-refractivity contribution is 0.0745. The van der Waals surface area contributed by atoms with Crippen LogP contribution in [-0.2, 0) is 10.0 Å². The second-order valence-corrected chi connectivity index (χ2v) is 7.50. The van der Waals surface area contributed by atoms with Gasteiger partial charge in [-0.25, -0.2) is 17.9 Å². The Hall–Kier alpha value is -1.47. The maximum atomic E-state index is 13.4. The molecule has 7 heteroatoms.